The summed E-state index contributed by atoms with van der Waals surface area (Å²) in [6, 6.07) is 32.4. The number of carbonyl (C=O) groups is 1. The van der Waals surface area contributed by atoms with E-state index in [0.717, 1.165) is 32.2 Å². The highest BCUT2D eigenvalue weighted by molar-refractivity contribution is 5.89. The Hall–Kier alpha value is -2.71. The lowest BCUT2D eigenvalue weighted by atomic mass is 9.70. The van der Waals surface area contributed by atoms with E-state index in [1.165, 1.54) is 16.7 Å². The number of rotatable bonds is 6. The minimum absolute atomic E-state index is 0.0527. The zero-order valence-corrected chi connectivity index (χ0v) is 17.4. The Labute approximate surface area is 179 Å². The predicted octanol–water partition coefficient (Wildman–Crippen LogP) is 5.48. The number of nitrogens with zero attached hydrogens (tertiary/aromatic N) is 1. The van der Waals surface area contributed by atoms with Gasteiger partial charge < -0.3 is 0 Å². The summed E-state index contributed by atoms with van der Waals surface area (Å²) in [7, 11) is 0. The molecule has 2 nitrogen and oxygen atoms in total. The molecule has 3 aliphatic rings. The lowest BCUT2D eigenvalue weighted by Crippen LogP contribution is -2.62. The second kappa shape index (κ2) is 8.57. The van der Waals surface area contributed by atoms with Crippen LogP contribution < -0.4 is 0 Å². The van der Waals surface area contributed by atoms with E-state index in [1.54, 1.807) is 0 Å². The molecule has 0 aliphatic carbocycles. The van der Waals surface area contributed by atoms with Crippen molar-refractivity contribution in [2.75, 3.05) is 6.54 Å². The van der Waals surface area contributed by atoms with Gasteiger partial charge in [-0.1, -0.05) is 91.0 Å². The lowest BCUT2D eigenvalue weighted by Gasteiger charge is -2.52. The van der Waals surface area contributed by atoms with Crippen molar-refractivity contribution in [3.8, 4) is 0 Å². The first kappa shape index (κ1) is 19.3. The van der Waals surface area contributed by atoms with E-state index >= 15 is 0 Å². The van der Waals surface area contributed by atoms with Gasteiger partial charge in [-0.15, -0.1) is 0 Å². The number of hydrogen-bond acceptors (Lipinski definition) is 2. The van der Waals surface area contributed by atoms with Crippen molar-refractivity contribution < 1.29 is 4.79 Å². The molecule has 0 N–H and O–H groups in total. The molecule has 0 saturated carbocycles. The Morgan fingerprint density at radius 1 is 0.800 bits per heavy atom. The van der Waals surface area contributed by atoms with Crippen molar-refractivity contribution in [3.05, 3.63) is 108 Å². The Balaban J connectivity index is 1.46. The molecule has 1 unspecified atom stereocenters. The predicted molar refractivity (Wildman–Crippen MR) is 122 cm³/mol. The Kier molecular flexibility index (Phi) is 5.50. The summed E-state index contributed by atoms with van der Waals surface area (Å²) < 4.78 is 0. The van der Waals surface area contributed by atoms with Crippen molar-refractivity contribution in [3.63, 3.8) is 0 Å². The van der Waals surface area contributed by atoms with Gasteiger partial charge in [0.05, 0.1) is 6.04 Å². The maximum atomic E-state index is 13.6. The van der Waals surface area contributed by atoms with Crippen LogP contribution in [-0.4, -0.2) is 29.3 Å². The zero-order chi connectivity index (χ0) is 20.3. The summed E-state index contributed by atoms with van der Waals surface area (Å²) >= 11 is 0. The molecular weight excluding hydrogens is 366 g/mol. The molecular formula is C28H29NO. The van der Waals surface area contributed by atoms with Gasteiger partial charge in [0.2, 0.25) is 0 Å². The highest BCUT2D eigenvalue weighted by Gasteiger charge is 2.49. The van der Waals surface area contributed by atoms with Crippen LogP contribution in [0.2, 0.25) is 0 Å². The molecule has 6 rings (SSSR count). The van der Waals surface area contributed by atoms with Crippen molar-refractivity contribution in [2.24, 2.45) is 5.92 Å². The molecule has 3 aromatic rings. The molecule has 0 amide bonds. The van der Waals surface area contributed by atoms with Crippen LogP contribution in [0.25, 0.3) is 0 Å². The maximum Gasteiger partial charge on any atom is 0.154 e. The monoisotopic (exact) mass is 395 g/mol. The summed E-state index contributed by atoms with van der Waals surface area (Å²) in [5.74, 6) is 0.771. The van der Waals surface area contributed by atoms with Crippen LogP contribution >= 0.6 is 0 Å². The fourth-order valence-corrected chi connectivity index (χ4v) is 5.59. The number of fused-ring (bicyclic) bond motifs is 3. The number of benzene rings is 3. The molecule has 4 atom stereocenters. The topological polar surface area (TPSA) is 20.3 Å². The van der Waals surface area contributed by atoms with E-state index < -0.39 is 0 Å². The average molecular weight is 396 g/mol. The van der Waals surface area contributed by atoms with Crippen LogP contribution in [0.4, 0.5) is 0 Å². The fraction of sp³-hybridized carbons (Fsp3) is 0.321. The molecule has 0 spiro atoms. The van der Waals surface area contributed by atoms with E-state index in [-0.39, 0.29) is 17.9 Å². The van der Waals surface area contributed by atoms with E-state index in [4.69, 9.17) is 0 Å². The van der Waals surface area contributed by atoms with E-state index in [9.17, 15) is 4.79 Å². The normalized spacial score (nSPS) is 25.6. The van der Waals surface area contributed by atoms with E-state index in [0.29, 0.717) is 11.8 Å². The third kappa shape index (κ3) is 3.73. The molecule has 2 heteroatoms. The van der Waals surface area contributed by atoms with Gasteiger partial charge in [0.15, 0.2) is 5.78 Å². The van der Waals surface area contributed by atoms with Gasteiger partial charge in [-0.25, -0.2) is 0 Å². The highest BCUT2D eigenvalue weighted by atomic mass is 16.1. The number of Topliss-reactive ketones (excluding diaryl/α,β-unsaturated/α-hetero) is 1. The average Bonchev–Trinajstić information content (AvgIpc) is 2.82. The van der Waals surface area contributed by atoms with Crippen molar-refractivity contribution in [1.29, 1.82) is 0 Å². The number of hydrogen-bond donors (Lipinski definition) is 0. The Morgan fingerprint density at radius 3 is 1.97 bits per heavy atom. The Morgan fingerprint density at radius 2 is 1.37 bits per heavy atom. The number of aryl methyl sites for hydroxylation is 1. The van der Waals surface area contributed by atoms with Crippen LogP contribution in [0.15, 0.2) is 91.0 Å². The van der Waals surface area contributed by atoms with Crippen LogP contribution in [0.5, 0.6) is 0 Å². The molecule has 3 heterocycles. The molecule has 3 aromatic carbocycles. The van der Waals surface area contributed by atoms with Gasteiger partial charge in [0, 0.05) is 17.9 Å². The van der Waals surface area contributed by atoms with Crippen LogP contribution in [0.3, 0.4) is 0 Å². The first-order valence-electron chi connectivity index (χ1n) is 11.2. The molecule has 2 bridgehead atoms. The van der Waals surface area contributed by atoms with Crippen molar-refractivity contribution >= 4 is 5.78 Å². The molecule has 152 valence electrons. The summed E-state index contributed by atoms with van der Waals surface area (Å²) in [6.45, 7) is 1.04. The fourth-order valence-electron chi connectivity index (χ4n) is 5.59. The maximum absolute atomic E-state index is 13.6. The summed E-state index contributed by atoms with van der Waals surface area (Å²) in [5, 5.41) is 0. The summed E-state index contributed by atoms with van der Waals surface area (Å²) in [4.78, 5) is 16.1. The molecule has 3 aliphatic heterocycles. The molecule has 3 fully saturated rings. The second-order valence-electron chi connectivity index (χ2n) is 8.78. The van der Waals surface area contributed by atoms with Gasteiger partial charge in [-0.3, -0.25) is 9.69 Å². The number of carbonyl (C=O) groups excluding carboxylic acids is 1. The largest absolute Gasteiger partial charge is 0.298 e. The minimum Gasteiger partial charge on any atom is -0.298 e. The number of piperidine rings is 3. The van der Waals surface area contributed by atoms with Gasteiger partial charge in [0.1, 0.15) is 0 Å². The van der Waals surface area contributed by atoms with Crippen LogP contribution in [0, 0.1) is 5.92 Å². The second-order valence-corrected chi connectivity index (χ2v) is 8.78. The minimum atomic E-state index is -0.0527. The molecule has 0 aromatic heterocycles. The van der Waals surface area contributed by atoms with E-state index in [2.05, 4.69) is 95.9 Å². The molecule has 30 heavy (non-hydrogen) atoms. The third-order valence-corrected chi connectivity index (χ3v) is 7.05. The van der Waals surface area contributed by atoms with Crippen LogP contribution in [-0.2, 0) is 11.2 Å². The van der Waals surface area contributed by atoms with Crippen molar-refractivity contribution in [2.45, 2.75) is 43.7 Å². The highest BCUT2D eigenvalue weighted by Crippen LogP contribution is 2.43. The first-order valence-corrected chi connectivity index (χ1v) is 11.2. The van der Waals surface area contributed by atoms with Gasteiger partial charge in [-0.05, 0) is 48.9 Å². The summed E-state index contributed by atoms with van der Waals surface area (Å²) in [5.41, 5.74) is 3.89. The number of ketones is 1. The SMILES string of the molecule is O=C1[C@@H]2CCN([C@H](CCc3ccccc3)C2)[C@@H]1C(c1ccccc1)c1ccccc1. The zero-order valence-electron chi connectivity index (χ0n) is 17.4. The van der Waals surface area contributed by atoms with Gasteiger partial charge in [0.25, 0.3) is 0 Å². The van der Waals surface area contributed by atoms with E-state index in [1.807, 2.05) is 0 Å². The smallest absolute Gasteiger partial charge is 0.154 e. The van der Waals surface area contributed by atoms with Crippen molar-refractivity contribution in [1.82, 2.24) is 4.90 Å². The van der Waals surface area contributed by atoms with Gasteiger partial charge >= 0.3 is 0 Å². The quantitative estimate of drug-likeness (QED) is 0.551. The standard InChI is InChI=1S/C28H29NO/c30-28-24-18-19-29(25(20-24)17-16-21-10-4-1-5-11-21)27(28)26(22-12-6-2-7-13-22)23-14-8-3-9-15-23/h1-15,24-27H,16-20H2/t24-,25-,27-/m1/s1. The third-order valence-electron chi connectivity index (χ3n) is 7.05. The lowest BCUT2D eigenvalue weighted by molar-refractivity contribution is -0.142. The molecule has 3 saturated heterocycles. The molecule has 0 radical (unpaired) electrons. The Bertz CT molecular complexity index is 930. The van der Waals surface area contributed by atoms with Crippen LogP contribution in [0.1, 0.15) is 41.9 Å². The van der Waals surface area contributed by atoms with Gasteiger partial charge in [-0.2, -0.15) is 0 Å². The first-order chi connectivity index (χ1) is 14.8. The summed E-state index contributed by atoms with van der Waals surface area (Å²) in [6.07, 6.45) is 4.25.